The monoisotopic (exact) mass is 403 g/mol. The molecular weight excluding hydrogens is 396 g/mol. The van der Waals surface area contributed by atoms with Crippen LogP contribution in [0.1, 0.15) is 15.9 Å². The minimum Gasteiger partial charge on any atom is -0.317 e. The molecule has 0 bridgehead atoms. The summed E-state index contributed by atoms with van der Waals surface area (Å²) in [7, 11) is 0. The van der Waals surface area contributed by atoms with E-state index in [1.807, 2.05) is 13.0 Å². The van der Waals surface area contributed by atoms with Crippen LogP contribution in [0.15, 0.2) is 39.3 Å². The number of carbonyl (C=O) groups excluding carboxylic acids is 1. The van der Waals surface area contributed by atoms with E-state index >= 15 is 0 Å². The number of nitrogens with one attached hydrogen (secondary N) is 1. The van der Waals surface area contributed by atoms with E-state index in [2.05, 4.69) is 37.2 Å². The summed E-state index contributed by atoms with van der Waals surface area (Å²) >= 11 is 6.25. The number of benzene rings is 2. The predicted molar refractivity (Wildman–Crippen MR) is 80.9 cm³/mol. The number of carbonyl (C=O) groups is 1. The Kier molecular flexibility index (Phi) is 4.55. The first-order chi connectivity index (χ1) is 9.36. The molecule has 0 spiro atoms. The Bertz CT molecular complexity index is 646. The van der Waals surface area contributed by atoms with E-state index in [0.29, 0.717) is 5.56 Å². The quantitative estimate of drug-likeness (QED) is 0.745. The summed E-state index contributed by atoms with van der Waals surface area (Å²) in [4.78, 5) is 12.0. The lowest BCUT2D eigenvalue weighted by molar-refractivity contribution is 0.102. The van der Waals surface area contributed by atoms with Gasteiger partial charge in [-0.2, -0.15) is 0 Å². The van der Waals surface area contributed by atoms with Crippen molar-refractivity contribution < 1.29 is 13.6 Å². The molecule has 0 unspecified atom stereocenters. The third-order valence-corrected chi connectivity index (χ3v) is 3.47. The van der Waals surface area contributed by atoms with Gasteiger partial charge in [-0.15, -0.1) is 0 Å². The van der Waals surface area contributed by atoms with Gasteiger partial charge >= 0.3 is 0 Å². The molecule has 104 valence electrons. The van der Waals surface area contributed by atoms with Crippen molar-refractivity contribution in [1.29, 1.82) is 0 Å². The molecule has 0 fully saturated rings. The predicted octanol–water partition coefficient (Wildman–Crippen LogP) is 5.05. The van der Waals surface area contributed by atoms with Crippen LogP contribution in [0, 0.1) is 18.6 Å². The van der Waals surface area contributed by atoms with Gasteiger partial charge in [0.25, 0.3) is 5.91 Å². The second-order valence-electron chi connectivity index (χ2n) is 4.22. The van der Waals surface area contributed by atoms with E-state index in [1.54, 1.807) is 12.1 Å². The van der Waals surface area contributed by atoms with Gasteiger partial charge in [0.1, 0.15) is 5.69 Å². The summed E-state index contributed by atoms with van der Waals surface area (Å²) in [6.45, 7) is 1.82. The van der Waals surface area contributed by atoms with Crippen LogP contribution >= 0.6 is 31.9 Å². The SMILES string of the molecule is Cc1cc(Br)cc(C(=O)Nc2c(F)cc(Br)cc2F)c1. The molecule has 0 aliphatic carbocycles. The maximum Gasteiger partial charge on any atom is 0.255 e. The number of hydrogen-bond donors (Lipinski definition) is 1. The number of anilines is 1. The maximum atomic E-state index is 13.7. The van der Waals surface area contributed by atoms with Gasteiger partial charge in [-0.05, 0) is 42.8 Å². The smallest absolute Gasteiger partial charge is 0.255 e. The molecule has 0 heterocycles. The van der Waals surface area contributed by atoms with Crippen LogP contribution in [0.5, 0.6) is 0 Å². The van der Waals surface area contributed by atoms with Crippen molar-refractivity contribution in [3.05, 3.63) is 62.0 Å². The minimum absolute atomic E-state index is 0.267. The number of amides is 1. The zero-order chi connectivity index (χ0) is 14.9. The highest BCUT2D eigenvalue weighted by molar-refractivity contribution is 9.10. The van der Waals surface area contributed by atoms with Crippen molar-refractivity contribution >= 4 is 43.5 Å². The molecule has 0 aliphatic heterocycles. The number of aryl methyl sites for hydroxylation is 1. The first-order valence-electron chi connectivity index (χ1n) is 5.60. The van der Waals surface area contributed by atoms with Crippen LogP contribution in [0.4, 0.5) is 14.5 Å². The first-order valence-corrected chi connectivity index (χ1v) is 7.18. The summed E-state index contributed by atoms with van der Waals surface area (Å²) in [6, 6.07) is 7.22. The standard InChI is InChI=1S/C14H9Br2F2NO/c1-7-2-8(4-9(15)3-7)14(20)19-13-11(17)5-10(16)6-12(13)18/h2-6H,1H3,(H,19,20). The Labute approximate surface area is 131 Å². The molecule has 0 aliphatic rings. The van der Waals surface area contributed by atoms with E-state index in [4.69, 9.17) is 0 Å². The van der Waals surface area contributed by atoms with Crippen LogP contribution in [0.2, 0.25) is 0 Å². The van der Waals surface area contributed by atoms with Crippen molar-refractivity contribution in [2.45, 2.75) is 6.92 Å². The van der Waals surface area contributed by atoms with Gasteiger partial charge in [-0.25, -0.2) is 8.78 Å². The molecule has 20 heavy (non-hydrogen) atoms. The third-order valence-electron chi connectivity index (χ3n) is 2.55. The molecule has 2 aromatic carbocycles. The van der Waals surface area contributed by atoms with Gasteiger partial charge in [0.2, 0.25) is 0 Å². The van der Waals surface area contributed by atoms with Crippen molar-refractivity contribution in [3.8, 4) is 0 Å². The van der Waals surface area contributed by atoms with E-state index in [-0.39, 0.29) is 4.47 Å². The van der Waals surface area contributed by atoms with Crippen LogP contribution in [0.3, 0.4) is 0 Å². The fraction of sp³-hybridized carbons (Fsp3) is 0.0714. The first kappa shape index (κ1) is 15.1. The van der Waals surface area contributed by atoms with Crippen molar-refractivity contribution in [2.75, 3.05) is 5.32 Å². The lowest BCUT2D eigenvalue weighted by Crippen LogP contribution is -2.14. The van der Waals surface area contributed by atoms with Crippen LogP contribution < -0.4 is 5.32 Å². The molecule has 0 saturated heterocycles. The van der Waals surface area contributed by atoms with Gasteiger partial charge in [-0.3, -0.25) is 4.79 Å². The topological polar surface area (TPSA) is 29.1 Å². The number of halogens is 4. The van der Waals surface area contributed by atoms with Gasteiger partial charge in [-0.1, -0.05) is 31.9 Å². The zero-order valence-electron chi connectivity index (χ0n) is 10.3. The molecule has 0 saturated carbocycles. The fourth-order valence-electron chi connectivity index (χ4n) is 1.71. The fourth-order valence-corrected chi connectivity index (χ4v) is 2.72. The molecule has 2 rings (SSSR count). The number of rotatable bonds is 2. The molecule has 0 aromatic heterocycles. The highest BCUT2D eigenvalue weighted by atomic mass is 79.9. The van der Waals surface area contributed by atoms with Gasteiger partial charge in [0.15, 0.2) is 11.6 Å². The Balaban J connectivity index is 2.32. The second kappa shape index (κ2) is 6.01. The van der Waals surface area contributed by atoms with E-state index in [1.165, 1.54) is 0 Å². The third kappa shape index (κ3) is 3.43. The maximum absolute atomic E-state index is 13.7. The molecule has 2 aromatic rings. The average molecular weight is 405 g/mol. The summed E-state index contributed by atoms with van der Waals surface area (Å²) in [5, 5.41) is 2.25. The van der Waals surface area contributed by atoms with Crippen LogP contribution in [-0.4, -0.2) is 5.91 Å². The van der Waals surface area contributed by atoms with E-state index < -0.39 is 23.2 Å². The minimum atomic E-state index is -0.836. The second-order valence-corrected chi connectivity index (χ2v) is 6.05. The summed E-state index contributed by atoms with van der Waals surface area (Å²) in [6.07, 6.45) is 0. The van der Waals surface area contributed by atoms with Crippen LogP contribution in [0.25, 0.3) is 0 Å². The Morgan fingerprint density at radius 1 is 1.00 bits per heavy atom. The van der Waals surface area contributed by atoms with Gasteiger partial charge < -0.3 is 5.32 Å². The van der Waals surface area contributed by atoms with E-state index in [0.717, 1.165) is 22.2 Å². The Hall–Kier alpha value is -1.27. The molecule has 6 heteroatoms. The normalized spacial score (nSPS) is 10.4. The zero-order valence-corrected chi connectivity index (χ0v) is 13.5. The van der Waals surface area contributed by atoms with Gasteiger partial charge in [0, 0.05) is 14.5 Å². The Morgan fingerprint density at radius 3 is 2.10 bits per heavy atom. The van der Waals surface area contributed by atoms with Crippen molar-refractivity contribution in [2.24, 2.45) is 0 Å². The highest BCUT2D eigenvalue weighted by Gasteiger charge is 2.15. The summed E-state index contributed by atoms with van der Waals surface area (Å²) in [5.41, 5.74) is 0.718. The molecule has 1 amide bonds. The molecule has 1 N–H and O–H groups in total. The summed E-state index contributed by atoms with van der Waals surface area (Å²) in [5.74, 6) is -2.25. The molecule has 0 radical (unpaired) electrons. The molecule has 0 atom stereocenters. The van der Waals surface area contributed by atoms with Gasteiger partial charge in [0.05, 0.1) is 0 Å². The average Bonchev–Trinajstić information content (AvgIpc) is 2.32. The lowest BCUT2D eigenvalue weighted by Gasteiger charge is -2.09. The van der Waals surface area contributed by atoms with E-state index in [9.17, 15) is 13.6 Å². The highest BCUT2D eigenvalue weighted by Crippen LogP contribution is 2.25. The number of hydrogen-bond acceptors (Lipinski definition) is 1. The van der Waals surface area contributed by atoms with Crippen molar-refractivity contribution in [1.82, 2.24) is 0 Å². The molecule has 2 nitrogen and oxygen atoms in total. The lowest BCUT2D eigenvalue weighted by atomic mass is 10.1. The summed E-state index contributed by atoms with van der Waals surface area (Å²) < 4.78 is 28.3. The largest absolute Gasteiger partial charge is 0.317 e. The van der Waals surface area contributed by atoms with Crippen LogP contribution in [-0.2, 0) is 0 Å². The van der Waals surface area contributed by atoms with Crippen molar-refractivity contribution in [3.63, 3.8) is 0 Å². The Morgan fingerprint density at radius 2 is 1.55 bits per heavy atom. The molecular formula is C14H9Br2F2NO.